The average Bonchev–Trinajstić information content (AvgIpc) is 2.74. The Morgan fingerprint density at radius 3 is 2.13 bits per heavy atom. The monoisotopic (exact) mass is 576 g/mol. The summed E-state index contributed by atoms with van der Waals surface area (Å²) in [4.78, 5) is 61.6. The minimum absolute atomic E-state index is 0.0187. The van der Waals surface area contributed by atoms with Crippen LogP contribution in [-0.2, 0) is 24.5 Å². The number of rotatable bonds is 2. The highest BCUT2D eigenvalue weighted by molar-refractivity contribution is 7.45. The number of phenols is 1. The van der Waals surface area contributed by atoms with Gasteiger partial charge in [-0.25, -0.2) is 4.57 Å². The van der Waals surface area contributed by atoms with Gasteiger partial charge in [-0.2, -0.15) is 0 Å². The first-order valence-corrected chi connectivity index (χ1v) is 12.8. The Labute approximate surface area is 220 Å². The van der Waals surface area contributed by atoms with Crippen molar-refractivity contribution >= 4 is 42.7 Å². The summed E-state index contributed by atoms with van der Waals surface area (Å²) >= 11 is 6.28. The molecule has 0 spiro atoms. The van der Waals surface area contributed by atoms with Gasteiger partial charge in [0.2, 0.25) is 5.78 Å². The van der Waals surface area contributed by atoms with E-state index in [1.165, 1.54) is 38.1 Å². The molecule has 0 unspecified atom stereocenters. The fourth-order valence-corrected chi connectivity index (χ4v) is 5.93. The average molecular weight is 577 g/mol. The Morgan fingerprint density at radius 2 is 1.66 bits per heavy atom. The number of Topliss-reactive ketones (excluding diaryl/α,β-unsaturated/α-hetero) is 2. The lowest BCUT2D eigenvalue weighted by Crippen LogP contribution is -2.67. The molecule has 10 N–H and O–H groups in total. The minimum atomic E-state index is -4.64. The Kier molecular flexibility index (Phi) is 7.38. The number of carbonyl (C=O) groups is 3. The van der Waals surface area contributed by atoms with Gasteiger partial charge >= 0.3 is 7.82 Å². The number of amides is 1. The van der Waals surface area contributed by atoms with Crippen LogP contribution in [0, 0.1) is 11.8 Å². The van der Waals surface area contributed by atoms with Crippen LogP contribution >= 0.6 is 19.4 Å². The van der Waals surface area contributed by atoms with Gasteiger partial charge in [0.1, 0.15) is 22.8 Å². The number of halogens is 1. The van der Waals surface area contributed by atoms with Crippen LogP contribution in [0.25, 0.3) is 5.76 Å². The molecule has 0 bridgehead atoms. The summed E-state index contributed by atoms with van der Waals surface area (Å²) in [5.41, 5.74) is -1.10. The van der Waals surface area contributed by atoms with E-state index in [9.17, 15) is 39.9 Å². The van der Waals surface area contributed by atoms with Gasteiger partial charge in [-0.15, -0.1) is 0 Å². The van der Waals surface area contributed by atoms with Gasteiger partial charge in [0.05, 0.1) is 17.2 Å². The van der Waals surface area contributed by atoms with Crippen LogP contribution in [0.15, 0.2) is 29.0 Å². The first-order chi connectivity index (χ1) is 17.2. The maximum Gasteiger partial charge on any atom is 0.466 e. The number of phenolic OH excluding ortho intramolecular Hbond substituents is 1. The molecule has 16 heteroatoms. The molecule has 1 saturated carbocycles. The maximum atomic E-state index is 13.7. The molecule has 0 saturated heterocycles. The van der Waals surface area contributed by atoms with E-state index in [4.69, 9.17) is 36.6 Å². The van der Waals surface area contributed by atoms with Crippen molar-refractivity contribution in [1.82, 2.24) is 4.90 Å². The van der Waals surface area contributed by atoms with E-state index in [1.807, 2.05) is 0 Å². The summed E-state index contributed by atoms with van der Waals surface area (Å²) in [7, 11) is -1.67. The topological polar surface area (TPSA) is 259 Å². The standard InChI is InChI=1S/C22H23ClN2O8.H3O4P/c1-21(32)7-6-8-15(25(2)3)17(28)13(20(24)31)19(30)22(8,33)18(29)11(7)16(27)12-10(26)5-4-9(23)14(12)21;1-5(2,3)4/h4-5,7-8,15,26-27,30,32-33H,6H2,1-3H3,(H2,24,31);(H3,1,2,3,4)/t7-,8-,15-,21-,22-;/m0./s1. The molecule has 4 rings (SSSR count). The summed E-state index contributed by atoms with van der Waals surface area (Å²) in [6, 6.07) is 1.24. The van der Waals surface area contributed by atoms with E-state index in [0.717, 1.165) is 0 Å². The highest BCUT2D eigenvalue weighted by Crippen LogP contribution is 2.58. The molecule has 0 aromatic heterocycles. The zero-order valence-electron chi connectivity index (χ0n) is 20.2. The fraction of sp³-hybridized carbons (Fsp3) is 0.409. The van der Waals surface area contributed by atoms with Crippen molar-refractivity contribution in [3.05, 3.63) is 45.2 Å². The van der Waals surface area contributed by atoms with Crippen molar-refractivity contribution in [3.63, 3.8) is 0 Å². The number of fused-ring (bicyclic) bond motifs is 3. The second kappa shape index (κ2) is 9.43. The van der Waals surface area contributed by atoms with Crippen LogP contribution in [0.1, 0.15) is 24.5 Å². The lowest BCUT2D eigenvalue weighted by Gasteiger charge is -2.53. The van der Waals surface area contributed by atoms with Gasteiger partial charge in [0, 0.05) is 28.0 Å². The molecule has 14 nitrogen and oxygen atoms in total. The summed E-state index contributed by atoms with van der Waals surface area (Å²) in [6.45, 7) is 1.34. The molecule has 1 fully saturated rings. The second-order valence-corrected chi connectivity index (χ2v) is 11.0. The lowest BCUT2D eigenvalue weighted by molar-refractivity contribution is -0.159. The predicted molar refractivity (Wildman–Crippen MR) is 129 cm³/mol. The van der Waals surface area contributed by atoms with Gasteiger partial charge in [0.25, 0.3) is 5.91 Å². The van der Waals surface area contributed by atoms with Crippen LogP contribution in [0.2, 0.25) is 5.02 Å². The molecule has 0 heterocycles. The molecular formula is C22H26ClN2O12P. The van der Waals surface area contributed by atoms with Gasteiger partial charge < -0.3 is 45.9 Å². The van der Waals surface area contributed by atoms with E-state index in [1.54, 1.807) is 0 Å². The van der Waals surface area contributed by atoms with Crippen molar-refractivity contribution in [1.29, 1.82) is 0 Å². The number of nitrogens with two attached hydrogens (primary N) is 1. The third-order valence-electron chi connectivity index (χ3n) is 7.07. The molecule has 38 heavy (non-hydrogen) atoms. The summed E-state index contributed by atoms with van der Waals surface area (Å²) < 4.78 is 8.88. The van der Waals surface area contributed by atoms with E-state index in [0.29, 0.717) is 0 Å². The Bertz CT molecular complexity index is 1360. The number of carbonyl (C=O) groups excluding carboxylic acids is 3. The quantitative estimate of drug-likeness (QED) is 0.157. The van der Waals surface area contributed by atoms with Crippen molar-refractivity contribution in [2.45, 2.75) is 30.6 Å². The molecule has 0 radical (unpaired) electrons. The van der Waals surface area contributed by atoms with Gasteiger partial charge in [-0.3, -0.25) is 19.3 Å². The zero-order valence-corrected chi connectivity index (χ0v) is 21.8. The molecule has 3 aliphatic rings. The molecule has 0 aliphatic heterocycles. The van der Waals surface area contributed by atoms with Gasteiger partial charge in [-0.1, -0.05) is 11.6 Å². The highest BCUT2D eigenvalue weighted by atomic mass is 35.5. The van der Waals surface area contributed by atoms with Crippen LogP contribution in [0.5, 0.6) is 5.75 Å². The number of aliphatic hydroxyl groups is 4. The maximum absolute atomic E-state index is 13.7. The first kappa shape index (κ1) is 29.7. The van der Waals surface area contributed by atoms with Gasteiger partial charge in [0.15, 0.2) is 11.4 Å². The van der Waals surface area contributed by atoms with E-state index < -0.39 is 82.8 Å². The highest BCUT2D eigenvalue weighted by Gasteiger charge is 2.66. The number of hydrogen-bond acceptors (Lipinski definition) is 10. The Hall–Kier alpha value is -2.81. The number of primary amides is 1. The second-order valence-electron chi connectivity index (χ2n) is 9.59. The SMILES string of the molecule is CN(C)[C@@H]1C(=O)C(C(N)=O)=C(O)[C@@]2(O)C(=O)C3=C(O)c4c(O)ccc(Cl)c4[C@@](C)(O)[C@H]3C[C@@H]12.O=P(O)(O)O. The van der Waals surface area contributed by atoms with Crippen molar-refractivity contribution in [2.75, 3.05) is 14.1 Å². The third kappa shape index (κ3) is 4.42. The largest absolute Gasteiger partial charge is 0.508 e. The number of aliphatic hydroxyl groups excluding tert-OH is 2. The van der Waals surface area contributed by atoms with Crippen molar-refractivity contribution < 1.29 is 59.2 Å². The predicted octanol–water partition coefficient (Wildman–Crippen LogP) is -0.646. The third-order valence-corrected chi connectivity index (χ3v) is 7.39. The normalized spacial score (nSPS) is 30.8. The number of phosphoric acid groups is 1. The van der Waals surface area contributed by atoms with E-state index >= 15 is 0 Å². The lowest BCUT2D eigenvalue weighted by atomic mass is 9.54. The summed E-state index contributed by atoms with van der Waals surface area (Å²) in [5, 5.41) is 55.2. The van der Waals surface area contributed by atoms with Crippen LogP contribution in [0.3, 0.4) is 0 Å². The zero-order chi connectivity index (χ0) is 29.3. The summed E-state index contributed by atoms with van der Waals surface area (Å²) in [5.74, 6) is -8.30. The summed E-state index contributed by atoms with van der Waals surface area (Å²) in [6.07, 6.45) is -0.259. The van der Waals surface area contributed by atoms with Gasteiger partial charge in [-0.05, 0) is 39.6 Å². The smallest absolute Gasteiger partial charge is 0.466 e. The van der Waals surface area contributed by atoms with Crippen LogP contribution in [-0.4, -0.2) is 88.3 Å². The van der Waals surface area contributed by atoms with Crippen LogP contribution in [0.4, 0.5) is 0 Å². The number of aromatic hydroxyl groups is 1. The van der Waals surface area contributed by atoms with Crippen molar-refractivity contribution in [2.24, 2.45) is 17.6 Å². The van der Waals surface area contributed by atoms with E-state index in [-0.39, 0.29) is 22.6 Å². The molecule has 1 amide bonds. The molecule has 1 aromatic carbocycles. The molecule has 5 atom stereocenters. The number of hydrogen-bond donors (Lipinski definition) is 9. The Morgan fingerprint density at radius 1 is 1.13 bits per heavy atom. The number of nitrogens with zero attached hydrogens (tertiary/aromatic N) is 1. The van der Waals surface area contributed by atoms with Crippen LogP contribution < -0.4 is 5.73 Å². The number of likely N-dealkylation sites (N-methyl/N-ethyl adjacent to an activating group) is 1. The Balaban J connectivity index is 0.000000732. The van der Waals surface area contributed by atoms with Crippen molar-refractivity contribution in [3.8, 4) is 5.75 Å². The molecule has 3 aliphatic carbocycles. The van der Waals surface area contributed by atoms with E-state index in [2.05, 4.69) is 0 Å². The molecule has 1 aromatic rings. The first-order valence-electron chi connectivity index (χ1n) is 10.9. The molecule has 208 valence electrons. The molecular weight excluding hydrogens is 551 g/mol. The number of benzene rings is 1. The minimum Gasteiger partial charge on any atom is -0.508 e. The number of ketones is 2. The fourth-order valence-electron chi connectivity index (χ4n) is 5.58.